The van der Waals surface area contributed by atoms with Crippen molar-refractivity contribution in [3.63, 3.8) is 0 Å². The molecule has 3 rings (SSSR count). The number of fused-ring (bicyclic) bond motifs is 1. The van der Waals surface area contributed by atoms with Crippen molar-refractivity contribution in [1.29, 1.82) is 0 Å². The van der Waals surface area contributed by atoms with Gasteiger partial charge in [-0.2, -0.15) is 0 Å². The monoisotopic (exact) mass is 446 g/mol. The SMILES string of the molecule is CC(C)C[C@H](NC(=O)c1cc2ccccc2s1)C(=O)N1CCN(C(=O)C(N)CO)CC1. The topological polar surface area (TPSA) is 116 Å². The van der Waals surface area contributed by atoms with E-state index in [1.165, 1.54) is 11.3 Å². The van der Waals surface area contributed by atoms with E-state index in [0.717, 1.165) is 10.1 Å². The van der Waals surface area contributed by atoms with Crippen molar-refractivity contribution in [2.75, 3.05) is 32.8 Å². The van der Waals surface area contributed by atoms with E-state index in [2.05, 4.69) is 5.32 Å². The van der Waals surface area contributed by atoms with Gasteiger partial charge in [0.15, 0.2) is 0 Å². The highest BCUT2D eigenvalue weighted by Gasteiger charge is 2.31. The van der Waals surface area contributed by atoms with Gasteiger partial charge in [0, 0.05) is 30.9 Å². The van der Waals surface area contributed by atoms with E-state index in [4.69, 9.17) is 10.8 Å². The largest absolute Gasteiger partial charge is 0.394 e. The average Bonchev–Trinajstić information content (AvgIpc) is 3.21. The van der Waals surface area contributed by atoms with Crippen molar-refractivity contribution in [3.05, 3.63) is 35.2 Å². The third kappa shape index (κ3) is 5.61. The lowest BCUT2D eigenvalue weighted by molar-refractivity contribution is -0.142. The summed E-state index contributed by atoms with van der Waals surface area (Å²) in [5.41, 5.74) is 5.61. The maximum atomic E-state index is 13.2. The van der Waals surface area contributed by atoms with Crippen molar-refractivity contribution >= 4 is 39.1 Å². The Kier molecular flexibility index (Phi) is 7.64. The van der Waals surface area contributed by atoms with E-state index in [9.17, 15) is 14.4 Å². The zero-order valence-electron chi connectivity index (χ0n) is 17.9. The number of carbonyl (C=O) groups is 3. The van der Waals surface area contributed by atoms with E-state index < -0.39 is 18.7 Å². The number of hydrogen-bond acceptors (Lipinski definition) is 6. The van der Waals surface area contributed by atoms with Crippen LogP contribution in [0.25, 0.3) is 10.1 Å². The standard InChI is InChI=1S/C22H30N4O4S/c1-14(2)11-17(24-20(28)19-12-15-5-3-4-6-18(15)31-19)22(30)26-9-7-25(8-10-26)21(29)16(23)13-27/h3-6,12,14,16-17,27H,7-11,13,23H2,1-2H3,(H,24,28)/t16?,17-/m0/s1. The minimum absolute atomic E-state index is 0.137. The van der Waals surface area contributed by atoms with Gasteiger partial charge in [-0.1, -0.05) is 32.0 Å². The van der Waals surface area contributed by atoms with E-state index in [0.29, 0.717) is 37.5 Å². The summed E-state index contributed by atoms with van der Waals surface area (Å²) < 4.78 is 1.03. The first-order valence-electron chi connectivity index (χ1n) is 10.5. The van der Waals surface area contributed by atoms with E-state index in [1.54, 1.807) is 9.80 Å². The molecule has 2 atom stereocenters. The van der Waals surface area contributed by atoms with E-state index in [-0.39, 0.29) is 23.6 Å². The third-order valence-electron chi connectivity index (χ3n) is 5.38. The summed E-state index contributed by atoms with van der Waals surface area (Å²) in [5.74, 6) is -0.474. The summed E-state index contributed by atoms with van der Waals surface area (Å²) in [6.07, 6.45) is 0.532. The van der Waals surface area contributed by atoms with Crippen LogP contribution in [0.4, 0.5) is 0 Å². The Morgan fingerprint density at radius 2 is 1.71 bits per heavy atom. The highest BCUT2D eigenvalue weighted by molar-refractivity contribution is 7.20. The Hall–Kier alpha value is -2.49. The van der Waals surface area contributed by atoms with Crippen molar-refractivity contribution in [2.45, 2.75) is 32.4 Å². The molecule has 0 radical (unpaired) electrons. The molecule has 0 spiro atoms. The van der Waals surface area contributed by atoms with Gasteiger partial charge in [0.05, 0.1) is 11.5 Å². The summed E-state index contributed by atoms with van der Waals surface area (Å²) in [4.78, 5) is 42.0. The molecule has 0 aliphatic carbocycles. The quantitative estimate of drug-likeness (QED) is 0.588. The van der Waals surface area contributed by atoms with Gasteiger partial charge in [-0.25, -0.2) is 0 Å². The lowest BCUT2D eigenvalue weighted by Gasteiger charge is -2.37. The Balaban J connectivity index is 1.65. The van der Waals surface area contributed by atoms with E-state index in [1.807, 2.05) is 44.2 Å². The predicted molar refractivity (Wildman–Crippen MR) is 121 cm³/mol. The average molecular weight is 447 g/mol. The molecule has 9 heteroatoms. The molecule has 1 saturated heterocycles. The number of hydrogen-bond donors (Lipinski definition) is 3. The number of nitrogens with zero attached hydrogens (tertiary/aromatic N) is 2. The zero-order chi connectivity index (χ0) is 22.5. The van der Waals surface area contributed by atoms with Gasteiger partial charge in [0.25, 0.3) is 5.91 Å². The number of nitrogens with one attached hydrogen (secondary N) is 1. The molecule has 1 aromatic carbocycles. The fourth-order valence-electron chi connectivity index (χ4n) is 3.70. The summed E-state index contributed by atoms with van der Waals surface area (Å²) in [5, 5.41) is 13.0. The molecule has 1 fully saturated rings. The second-order valence-corrected chi connectivity index (χ2v) is 9.33. The molecule has 1 unspecified atom stereocenters. The first-order chi connectivity index (χ1) is 14.8. The highest BCUT2D eigenvalue weighted by Crippen LogP contribution is 2.25. The minimum Gasteiger partial charge on any atom is -0.394 e. The first kappa shape index (κ1) is 23.2. The normalized spacial score (nSPS) is 16.4. The highest BCUT2D eigenvalue weighted by atomic mass is 32.1. The van der Waals surface area contributed by atoms with Crippen molar-refractivity contribution in [3.8, 4) is 0 Å². The second-order valence-electron chi connectivity index (χ2n) is 8.24. The summed E-state index contributed by atoms with van der Waals surface area (Å²) in [7, 11) is 0. The number of aliphatic hydroxyl groups is 1. The molecule has 2 heterocycles. The molecule has 1 aromatic heterocycles. The molecule has 2 aromatic rings. The summed E-state index contributed by atoms with van der Waals surface area (Å²) in [6, 6.07) is 8.08. The summed E-state index contributed by atoms with van der Waals surface area (Å²) in [6.45, 7) is 5.08. The van der Waals surface area contributed by atoms with Crippen LogP contribution in [0.5, 0.6) is 0 Å². The summed E-state index contributed by atoms with van der Waals surface area (Å²) >= 11 is 1.41. The van der Waals surface area contributed by atoms with Gasteiger partial charge >= 0.3 is 0 Å². The Morgan fingerprint density at radius 3 is 2.29 bits per heavy atom. The van der Waals surface area contributed by atoms with Crippen LogP contribution >= 0.6 is 11.3 Å². The Morgan fingerprint density at radius 1 is 1.10 bits per heavy atom. The number of thiophene rings is 1. The molecule has 4 N–H and O–H groups in total. The minimum atomic E-state index is -0.934. The predicted octanol–water partition coefficient (Wildman–Crippen LogP) is 1.04. The first-order valence-corrected chi connectivity index (χ1v) is 11.3. The van der Waals surface area contributed by atoms with Crippen LogP contribution < -0.4 is 11.1 Å². The van der Waals surface area contributed by atoms with Gasteiger partial charge in [-0.15, -0.1) is 11.3 Å². The van der Waals surface area contributed by atoms with Crippen LogP contribution in [-0.2, 0) is 9.59 Å². The van der Waals surface area contributed by atoms with Gasteiger partial charge in [-0.05, 0) is 29.9 Å². The number of nitrogens with two attached hydrogens (primary N) is 1. The maximum Gasteiger partial charge on any atom is 0.262 e. The van der Waals surface area contributed by atoms with Gasteiger partial charge < -0.3 is 26.0 Å². The van der Waals surface area contributed by atoms with E-state index >= 15 is 0 Å². The lowest BCUT2D eigenvalue weighted by Crippen LogP contribution is -2.58. The molecular weight excluding hydrogens is 416 g/mol. The number of carbonyl (C=O) groups excluding carboxylic acids is 3. The second kappa shape index (κ2) is 10.2. The van der Waals surface area contributed by atoms with Gasteiger partial charge in [0.1, 0.15) is 12.1 Å². The van der Waals surface area contributed by atoms with Crippen LogP contribution in [0.3, 0.4) is 0 Å². The fourth-order valence-corrected chi connectivity index (χ4v) is 4.66. The van der Waals surface area contributed by atoms with Crippen molar-refractivity contribution in [2.24, 2.45) is 11.7 Å². The van der Waals surface area contributed by atoms with Crippen LogP contribution in [0, 0.1) is 5.92 Å². The third-order valence-corrected chi connectivity index (χ3v) is 6.49. The Bertz CT molecular complexity index is 903. The lowest BCUT2D eigenvalue weighted by atomic mass is 10.0. The smallest absolute Gasteiger partial charge is 0.262 e. The number of piperazine rings is 1. The molecule has 8 nitrogen and oxygen atoms in total. The Labute approximate surface area is 186 Å². The molecule has 1 aliphatic rings. The van der Waals surface area contributed by atoms with Crippen LogP contribution in [-0.4, -0.2) is 77.5 Å². The van der Waals surface area contributed by atoms with Crippen LogP contribution in [0.1, 0.15) is 29.9 Å². The number of aliphatic hydroxyl groups excluding tert-OH is 1. The number of amides is 3. The number of benzene rings is 1. The molecule has 1 aliphatic heterocycles. The van der Waals surface area contributed by atoms with Crippen LogP contribution in [0.2, 0.25) is 0 Å². The molecule has 168 valence electrons. The van der Waals surface area contributed by atoms with Crippen molar-refractivity contribution in [1.82, 2.24) is 15.1 Å². The molecule has 3 amide bonds. The maximum absolute atomic E-state index is 13.2. The zero-order valence-corrected chi connectivity index (χ0v) is 18.7. The van der Waals surface area contributed by atoms with Crippen LogP contribution in [0.15, 0.2) is 30.3 Å². The van der Waals surface area contributed by atoms with Gasteiger partial charge in [0.2, 0.25) is 11.8 Å². The van der Waals surface area contributed by atoms with Gasteiger partial charge in [-0.3, -0.25) is 14.4 Å². The number of rotatable bonds is 7. The molecular formula is C22H30N4O4S. The molecule has 31 heavy (non-hydrogen) atoms. The fraction of sp³-hybridized carbons (Fsp3) is 0.500. The molecule has 0 saturated carbocycles. The van der Waals surface area contributed by atoms with Crippen molar-refractivity contribution < 1.29 is 19.5 Å². The molecule has 0 bridgehead atoms.